The minimum atomic E-state index is -0.166. The van der Waals surface area contributed by atoms with Gasteiger partial charge < -0.3 is 4.90 Å². The van der Waals surface area contributed by atoms with E-state index >= 15 is 0 Å². The van der Waals surface area contributed by atoms with Crippen molar-refractivity contribution >= 4 is 47.3 Å². The van der Waals surface area contributed by atoms with Crippen molar-refractivity contribution in [2.75, 3.05) is 6.54 Å². The fraction of sp³-hybridized carbons (Fsp3) is 0.208. The van der Waals surface area contributed by atoms with E-state index in [0.29, 0.717) is 22.6 Å². The number of carbonyl (C=O) groups excluding carboxylic acids is 2. The molecule has 3 heterocycles. The second-order valence-electron chi connectivity index (χ2n) is 8.20. The third-order valence-corrected chi connectivity index (χ3v) is 6.40. The molecular formula is C24H22Cl2N5O2+. The molecule has 0 radical (unpaired) electrons. The Labute approximate surface area is 201 Å². The Balaban J connectivity index is 1.26. The van der Waals surface area contributed by atoms with Crippen LogP contribution in [0.5, 0.6) is 0 Å². The number of fused-ring (bicyclic) bond motifs is 2. The van der Waals surface area contributed by atoms with Crippen molar-refractivity contribution in [3.8, 4) is 0 Å². The Morgan fingerprint density at radius 3 is 2.76 bits per heavy atom. The largest absolute Gasteiger partial charge is 0.420 e. The zero-order valence-electron chi connectivity index (χ0n) is 17.6. The molecule has 1 saturated heterocycles. The van der Waals surface area contributed by atoms with E-state index in [1.165, 1.54) is 6.08 Å². The number of hydrogen-bond acceptors (Lipinski definition) is 5. The standard InChI is InChI=1S/C24H22Cl2N5O2/c25-19-9-15(10-20(26)12-19)1-4-23(32)30-7-5-17-13-31(14-18(17)6-8-30)24(33)16-2-3-21-22(11-16)28-29-27-21/h1,4-7,9-14,21-22,27-29H,2-3,8H2/q+1/b4-1+/t21?,22-/m1/s1. The molecule has 1 aromatic carbocycles. The smallest absolute Gasteiger partial charge is 0.312 e. The molecule has 1 fully saturated rings. The molecule has 7 nitrogen and oxygen atoms in total. The maximum atomic E-state index is 13.0. The highest BCUT2D eigenvalue weighted by atomic mass is 35.5. The van der Waals surface area contributed by atoms with Crippen LogP contribution in [0, 0.1) is 0 Å². The van der Waals surface area contributed by atoms with Gasteiger partial charge in [0.25, 0.3) is 5.91 Å². The fourth-order valence-corrected chi connectivity index (χ4v) is 4.75. The maximum Gasteiger partial charge on any atom is 0.420 e. The van der Waals surface area contributed by atoms with Crippen LogP contribution in [0.15, 0.2) is 71.6 Å². The van der Waals surface area contributed by atoms with E-state index in [2.05, 4.69) is 16.4 Å². The van der Waals surface area contributed by atoms with Gasteiger partial charge in [0.1, 0.15) is 0 Å². The van der Waals surface area contributed by atoms with Crippen molar-refractivity contribution in [3.63, 3.8) is 0 Å². The molecule has 1 unspecified atom stereocenters. The molecule has 5 rings (SSSR count). The number of hydrogen-bond donors (Lipinski definition) is 3. The summed E-state index contributed by atoms with van der Waals surface area (Å²) < 4.78 is 1.63. The van der Waals surface area contributed by atoms with Gasteiger partial charge >= 0.3 is 5.91 Å². The lowest BCUT2D eigenvalue weighted by atomic mass is 9.92. The number of carbonyl (C=O) groups is 2. The summed E-state index contributed by atoms with van der Waals surface area (Å²) in [5.41, 5.74) is 12.6. The Bertz CT molecular complexity index is 1190. The summed E-state index contributed by atoms with van der Waals surface area (Å²) in [5, 5.41) is 1.03. The van der Waals surface area contributed by atoms with Crippen molar-refractivity contribution in [1.82, 2.24) is 21.3 Å². The second kappa shape index (κ2) is 9.21. The number of rotatable bonds is 3. The number of halogens is 2. The zero-order chi connectivity index (χ0) is 22.9. The first-order valence-electron chi connectivity index (χ1n) is 10.7. The lowest BCUT2D eigenvalue weighted by Gasteiger charge is -2.20. The summed E-state index contributed by atoms with van der Waals surface area (Å²) >= 11 is 12.0. The SMILES string of the molecule is O=C(/C=C/c1cc(Cl)cc(Cl)c1)N1C=CC2=C[N+](C(=O)C3=C[C@H]4NNNC4CC3)=CC2=CC1. The van der Waals surface area contributed by atoms with Gasteiger partial charge in [-0.05, 0) is 48.8 Å². The summed E-state index contributed by atoms with van der Waals surface area (Å²) in [6, 6.07) is 5.53. The van der Waals surface area contributed by atoms with E-state index in [9.17, 15) is 9.59 Å². The maximum absolute atomic E-state index is 13.0. The van der Waals surface area contributed by atoms with Gasteiger partial charge in [-0.1, -0.05) is 35.4 Å². The van der Waals surface area contributed by atoms with Gasteiger partial charge in [0, 0.05) is 40.5 Å². The molecule has 2 amide bonds. The van der Waals surface area contributed by atoms with Gasteiger partial charge in [0.15, 0.2) is 12.4 Å². The van der Waals surface area contributed by atoms with Crippen molar-refractivity contribution < 1.29 is 14.2 Å². The number of hydrazine groups is 2. The van der Waals surface area contributed by atoms with Crippen LogP contribution in [-0.2, 0) is 9.59 Å². The van der Waals surface area contributed by atoms with Crippen LogP contribution in [0.3, 0.4) is 0 Å². The number of allylic oxidation sites excluding steroid dienone is 3. The number of amides is 2. The third-order valence-electron chi connectivity index (χ3n) is 5.96. The van der Waals surface area contributed by atoms with Crippen LogP contribution in [0.4, 0.5) is 0 Å². The van der Waals surface area contributed by atoms with Crippen LogP contribution < -0.4 is 16.4 Å². The average Bonchev–Trinajstić information content (AvgIpc) is 3.38. The van der Waals surface area contributed by atoms with Crippen LogP contribution in [0.2, 0.25) is 10.0 Å². The normalized spacial score (nSPS) is 24.0. The van der Waals surface area contributed by atoms with Crippen molar-refractivity contribution in [2.24, 2.45) is 0 Å². The number of benzene rings is 1. The predicted molar refractivity (Wildman–Crippen MR) is 128 cm³/mol. The minimum absolute atomic E-state index is 0.0203. The Morgan fingerprint density at radius 1 is 1.12 bits per heavy atom. The summed E-state index contributed by atoms with van der Waals surface area (Å²) in [7, 11) is 0. The molecule has 168 valence electrons. The number of nitrogens with one attached hydrogen (secondary N) is 3. The lowest BCUT2D eigenvalue weighted by molar-refractivity contribution is -0.369. The Morgan fingerprint density at radius 2 is 1.94 bits per heavy atom. The summed E-state index contributed by atoms with van der Waals surface area (Å²) in [6.07, 6.45) is 16.0. The lowest BCUT2D eigenvalue weighted by Crippen LogP contribution is -2.36. The predicted octanol–water partition coefficient (Wildman–Crippen LogP) is 2.87. The first-order valence-corrected chi connectivity index (χ1v) is 11.4. The summed E-state index contributed by atoms with van der Waals surface area (Å²) in [4.78, 5) is 27.3. The molecule has 0 spiro atoms. The van der Waals surface area contributed by atoms with Crippen molar-refractivity contribution in [1.29, 1.82) is 0 Å². The third kappa shape index (κ3) is 4.78. The van der Waals surface area contributed by atoms with Crippen molar-refractivity contribution in [3.05, 3.63) is 87.2 Å². The van der Waals surface area contributed by atoms with E-state index in [-0.39, 0.29) is 17.9 Å². The van der Waals surface area contributed by atoms with E-state index in [1.807, 2.05) is 30.6 Å². The molecule has 9 heteroatoms. The van der Waals surface area contributed by atoms with Gasteiger partial charge in [-0.25, -0.2) is 15.6 Å². The van der Waals surface area contributed by atoms with Gasteiger partial charge in [0.2, 0.25) is 0 Å². The molecule has 0 aromatic heterocycles. The van der Waals surface area contributed by atoms with Gasteiger partial charge in [-0.15, -0.1) is 4.58 Å². The van der Waals surface area contributed by atoms with Crippen molar-refractivity contribution in [2.45, 2.75) is 24.9 Å². The van der Waals surface area contributed by atoms with E-state index in [0.717, 1.165) is 35.1 Å². The fourth-order valence-electron chi connectivity index (χ4n) is 4.21. The highest BCUT2D eigenvalue weighted by Gasteiger charge is 2.35. The first kappa shape index (κ1) is 22.0. The summed E-state index contributed by atoms with van der Waals surface area (Å²) in [6.45, 7) is 0.398. The molecule has 0 saturated carbocycles. The molecule has 4 aliphatic rings. The second-order valence-corrected chi connectivity index (χ2v) is 9.08. The molecule has 33 heavy (non-hydrogen) atoms. The average molecular weight is 483 g/mol. The molecule has 0 bridgehead atoms. The van der Waals surface area contributed by atoms with E-state index in [4.69, 9.17) is 23.2 Å². The van der Waals surface area contributed by atoms with E-state index < -0.39 is 0 Å². The van der Waals surface area contributed by atoms with Crippen LogP contribution in [0.25, 0.3) is 6.08 Å². The molecule has 1 aliphatic carbocycles. The van der Waals surface area contributed by atoms with Gasteiger partial charge in [-0.2, -0.15) is 5.53 Å². The molecule has 2 atom stereocenters. The quantitative estimate of drug-likeness (QED) is 0.456. The molecule has 3 N–H and O–H groups in total. The molecule has 1 aromatic rings. The Hall–Kier alpha value is -2.81. The monoisotopic (exact) mass is 482 g/mol. The Kier molecular flexibility index (Phi) is 6.14. The van der Waals surface area contributed by atoms with Gasteiger partial charge in [0.05, 0.1) is 17.2 Å². The number of nitrogens with zero attached hydrogens (tertiary/aromatic N) is 2. The highest BCUT2D eigenvalue weighted by Crippen LogP contribution is 2.25. The van der Waals surface area contributed by atoms with Gasteiger partial charge in [-0.3, -0.25) is 4.79 Å². The summed E-state index contributed by atoms with van der Waals surface area (Å²) in [5.74, 6) is -0.186. The van der Waals surface area contributed by atoms with Crippen LogP contribution in [0.1, 0.15) is 18.4 Å². The molecule has 3 aliphatic heterocycles. The topological polar surface area (TPSA) is 76.5 Å². The molecular weight excluding hydrogens is 461 g/mol. The highest BCUT2D eigenvalue weighted by molar-refractivity contribution is 6.34. The zero-order valence-corrected chi connectivity index (χ0v) is 19.1. The minimum Gasteiger partial charge on any atom is -0.312 e. The first-order chi connectivity index (χ1) is 16.0. The van der Waals surface area contributed by atoms with Crippen LogP contribution in [-0.4, -0.2) is 46.1 Å². The van der Waals surface area contributed by atoms with Crippen LogP contribution >= 0.6 is 23.2 Å². The van der Waals surface area contributed by atoms with E-state index in [1.54, 1.807) is 40.0 Å².